The Hall–Kier alpha value is -5.38. The maximum absolute atomic E-state index is 14.0. The number of amides is 10. The molecule has 1 rings (SSSR count). The first-order chi connectivity index (χ1) is 29.0. The van der Waals surface area contributed by atoms with Gasteiger partial charge in [-0.3, -0.25) is 47.9 Å². The number of likely N-dealkylation sites (tertiary alicyclic amines) is 1. The van der Waals surface area contributed by atoms with Crippen molar-refractivity contribution >= 4 is 59.1 Å². The number of nitrogens with zero attached hydrogens (tertiary/aromatic N) is 1. The smallest absolute Gasteiger partial charge is 0.245 e. The van der Waals surface area contributed by atoms with E-state index in [2.05, 4.69) is 37.2 Å². The van der Waals surface area contributed by atoms with Crippen molar-refractivity contribution in [3.8, 4) is 0 Å². The van der Waals surface area contributed by atoms with E-state index < -0.39 is 115 Å². The first kappa shape index (κ1) is 54.6. The third-order valence-corrected chi connectivity index (χ3v) is 10.0. The van der Waals surface area contributed by atoms with E-state index in [1.54, 1.807) is 27.7 Å². The minimum Gasteiger partial charge on any atom is -0.394 e. The maximum atomic E-state index is 14.0. The molecule has 0 aromatic carbocycles. The van der Waals surface area contributed by atoms with Gasteiger partial charge in [0.15, 0.2) is 0 Å². The van der Waals surface area contributed by atoms with Crippen LogP contribution in [0.4, 0.5) is 0 Å². The molecule has 14 N–H and O–H groups in total. The van der Waals surface area contributed by atoms with Gasteiger partial charge in [-0.1, -0.05) is 41.5 Å². The zero-order chi connectivity index (χ0) is 47.3. The highest BCUT2D eigenvalue weighted by Crippen LogP contribution is 2.18. The Balaban J connectivity index is 3.31. The van der Waals surface area contributed by atoms with Crippen LogP contribution >= 0.6 is 0 Å². The van der Waals surface area contributed by atoms with E-state index in [0.717, 1.165) is 0 Å². The molecule has 10 amide bonds. The number of nitrogens with one attached hydrogen (secondary N) is 7. The van der Waals surface area contributed by atoms with Crippen LogP contribution in [-0.4, -0.2) is 138 Å². The SMILES string of the molecule is CC(=O)N1CCC[C@H]1C(=O)N[C@@H](CCCCN)C(=O)N[C@@H](CC(C)C)C(=O)N[C@@H](CC(C)C)C(=O)N[C@@H](CCC(N)=O)C(=O)N[C@@H](CO)C(=O)N[C@H](C(=O)NCC(N)=O)C(C)C. The van der Waals surface area contributed by atoms with Gasteiger partial charge in [0.05, 0.1) is 13.2 Å². The molecule has 0 aromatic heterocycles. The topological polar surface area (TPSA) is 356 Å². The largest absolute Gasteiger partial charge is 0.394 e. The van der Waals surface area contributed by atoms with Gasteiger partial charge < -0.3 is 64.4 Å². The summed E-state index contributed by atoms with van der Waals surface area (Å²) >= 11 is 0. The average molecular weight is 882 g/mol. The van der Waals surface area contributed by atoms with E-state index in [1.807, 2.05) is 13.8 Å². The van der Waals surface area contributed by atoms with Crippen molar-refractivity contribution in [2.75, 3.05) is 26.2 Å². The molecule has 1 saturated heterocycles. The van der Waals surface area contributed by atoms with Crippen LogP contribution in [0.1, 0.15) is 106 Å². The second-order valence-electron chi connectivity index (χ2n) is 16.8. The monoisotopic (exact) mass is 882 g/mol. The maximum Gasteiger partial charge on any atom is 0.245 e. The molecule has 1 aliphatic rings. The number of primary amides is 2. The van der Waals surface area contributed by atoms with Crippen LogP contribution in [0, 0.1) is 17.8 Å². The van der Waals surface area contributed by atoms with Crippen molar-refractivity contribution in [3.63, 3.8) is 0 Å². The Morgan fingerprint density at radius 1 is 0.629 bits per heavy atom. The number of aliphatic hydroxyl groups is 1. The molecule has 0 unspecified atom stereocenters. The first-order valence-electron chi connectivity index (χ1n) is 21.3. The Morgan fingerprint density at radius 2 is 1.11 bits per heavy atom. The van der Waals surface area contributed by atoms with Crippen LogP contribution in [0.2, 0.25) is 0 Å². The fourth-order valence-electron chi connectivity index (χ4n) is 6.76. The van der Waals surface area contributed by atoms with Crippen molar-refractivity contribution in [1.29, 1.82) is 0 Å². The zero-order valence-electron chi connectivity index (χ0n) is 37.2. The molecule has 7 atom stereocenters. The van der Waals surface area contributed by atoms with Crippen LogP contribution in [0.5, 0.6) is 0 Å². The molecule has 22 heteroatoms. The number of rotatable bonds is 28. The van der Waals surface area contributed by atoms with Gasteiger partial charge in [0.25, 0.3) is 0 Å². The van der Waals surface area contributed by atoms with Crippen LogP contribution in [0.3, 0.4) is 0 Å². The van der Waals surface area contributed by atoms with E-state index >= 15 is 0 Å². The Labute approximate surface area is 363 Å². The highest BCUT2D eigenvalue weighted by Gasteiger charge is 2.37. The second-order valence-corrected chi connectivity index (χ2v) is 16.8. The summed E-state index contributed by atoms with van der Waals surface area (Å²) in [6.45, 7) is 11.1. The standard InChI is InChI=1S/C40H71N11O11/c1-21(2)17-27(36(58)45-26(13-14-31(42)54)35(57)49-29(20-52)38(60)50-33(23(5)6)40(62)44-19-32(43)55)48-37(59)28(18-22(3)4)47-34(56)25(11-8-9-15-41)46-39(61)30-12-10-16-51(30)24(7)53/h21-23,25-30,33,52H,8-20,41H2,1-7H3,(H2,42,54)(H2,43,55)(H,44,62)(H,45,58)(H,46,61)(H,47,56)(H,48,59)(H,49,57)(H,50,60)/t25-,26-,27-,28-,29-,30-,33-/m0/s1. The van der Waals surface area contributed by atoms with E-state index in [-0.39, 0.29) is 49.8 Å². The Kier molecular flexibility index (Phi) is 24.3. The van der Waals surface area contributed by atoms with E-state index in [9.17, 15) is 53.1 Å². The van der Waals surface area contributed by atoms with Crippen molar-refractivity contribution in [1.82, 2.24) is 42.1 Å². The third kappa shape index (κ3) is 19.6. The molecule has 0 bridgehead atoms. The van der Waals surface area contributed by atoms with Crippen LogP contribution in [0.25, 0.3) is 0 Å². The summed E-state index contributed by atoms with van der Waals surface area (Å²) in [4.78, 5) is 131. The van der Waals surface area contributed by atoms with Crippen molar-refractivity contribution in [2.45, 2.75) is 149 Å². The van der Waals surface area contributed by atoms with Gasteiger partial charge in [0, 0.05) is 19.9 Å². The zero-order valence-corrected chi connectivity index (χ0v) is 37.2. The van der Waals surface area contributed by atoms with Gasteiger partial charge in [-0.15, -0.1) is 0 Å². The number of hydrogen-bond acceptors (Lipinski definition) is 12. The number of carbonyl (C=O) groups is 10. The minimum absolute atomic E-state index is 0.0615. The van der Waals surface area contributed by atoms with E-state index in [0.29, 0.717) is 38.8 Å². The summed E-state index contributed by atoms with van der Waals surface area (Å²) in [6.07, 6.45) is 1.78. The van der Waals surface area contributed by atoms with Crippen molar-refractivity contribution < 1.29 is 53.1 Å². The summed E-state index contributed by atoms with van der Waals surface area (Å²) in [7, 11) is 0. The van der Waals surface area contributed by atoms with E-state index in [4.69, 9.17) is 17.2 Å². The van der Waals surface area contributed by atoms with Crippen LogP contribution in [-0.2, 0) is 47.9 Å². The summed E-state index contributed by atoms with van der Waals surface area (Å²) < 4.78 is 0. The van der Waals surface area contributed by atoms with Crippen molar-refractivity contribution in [2.24, 2.45) is 35.0 Å². The predicted octanol–water partition coefficient (Wildman–Crippen LogP) is -3.36. The molecule has 352 valence electrons. The lowest BCUT2D eigenvalue weighted by molar-refractivity contribution is -0.138. The van der Waals surface area contributed by atoms with Gasteiger partial charge in [-0.2, -0.15) is 0 Å². The summed E-state index contributed by atoms with van der Waals surface area (Å²) in [5, 5.41) is 27.8. The summed E-state index contributed by atoms with van der Waals surface area (Å²) in [5.41, 5.74) is 16.1. The fourth-order valence-corrected chi connectivity index (χ4v) is 6.76. The van der Waals surface area contributed by atoms with Gasteiger partial charge in [-0.25, -0.2) is 0 Å². The minimum atomic E-state index is -1.64. The quantitative estimate of drug-likeness (QED) is 0.0344. The Bertz CT molecular complexity index is 1580. The number of carbonyl (C=O) groups excluding carboxylic acids is 10. The molecule has 0 radical (unpaired) electrons. The van der Waals surface area contributed by atoms with Gasteiger partial charge in [0.1, 0.15) is 42.3 Å². The predicted molar refractivity (Wildman–Crippen MR) is 226 cm³/mol. The number of aliphatic hydroxyl groups excluding tert-OH is 1. The molecular weight excluding hydrogens is 811 g/mol. The lowest BCUT2D eigenvalue weighted by Crippen LogP contribution is -2.61. The molecule has 22 nitrogen and oxygen atoms in total. The Morgan fingerprint density at radius 3 is 1.56 bits per heavy atom. The van der Waals surface area contributed by atoms with Gasteiger partial charge in [-0.05, 0) is 75.7 Å². The lowest BCUT2D eigenvalue weighted by Gasteiger charge is -2.29. The van der Waals surface area contributed by atoms with Gasteiger partial charge in [0.2, 0.25) is 59.1 Å². The highest BCUT2D eigenvalue weighted by molar-refractivity contribution is 5.98. The molecule has 0 aliphatic carbocycles. The van der Waals surface area contributed by atoms with Gasteiger partial charge >= 0.3 is 0 Å². The summed E-state index contributed by atoms with van der Waals surface area (Å²) in [6, 6.07) is -8.60. The molecule has 0 saturated carbocycles. The number of nitrogens with two attached hydrogens (primary N) is 3. The third-order valence-electron chi connectivity index (χ3n) is 10.0. The van der Waals surface area contributed by atoms with Crippen LogP contribution < -0.4 is 54.4 Å². The molecule has 1 heterocycles. The molecule has 62 heavy (non-hydrogen) atoms. The number of unbranched alkanes of at least 4 members (excludes halogenated alkanes) is 1. The highest BCUT2D eigenvalue weighted by atomic mass is 16.3. The summed E-state index contributed by atoms with van der Waals surface area (Å²) in [5.74, 6) is -8.16. The normalized spacial score (nSPS) is 16.6. The number of hydrogen-bond donors (Lipinski definition) is 11. The molecule has 0 spiro atoms. The molecular formula is C40H71N11O11. The molecule has 0 aromatic rings. The lowest BCUT2D eigenvalue weighted by atomic mass is 9.99. The average Bonchev–Trinajstić information content (AvgIpc) is 3.69. The van der Waals surface area contributed by atoms with Crippen LogP contribution in [0.15, 0.2) is 0 Å². The van der Waals surface area contributed by atoms with E-state index in [1.165, 1.54) is 11.8 Å². The van der Waals surface area contributed by atoms with Crippen molar-refractivity contribution in [3.05, 3.63) is 0 Å². The second kappa shape index (κ2) is 27.5. The fraction of sp³-hybridized carbons (Fsp3) is 0.750. The first-order valence-corrected chi connectivity index (χ1v) is 21.3. The molecule has 1 fully saturated rings. The molecule has 1 aliphatic heterocycles.